The molecule has 10 heteroatoms. The Morgan fingerprint density at radius 2 is 1.92 bits per heavy atom. The van der Waals surface area contributed by atoms with Crippen LogP contribution >= 0.6 is 0 Å². The summed E-state index contributed by atoms with van der Waals surface area (Å²) in [7, 11) is 7.01. The van der Waals surface area contributed by atoms with E-state index < -0.39 is 5.69 Å². The van der Waals surface area contributed by atoms with E-state index in [4.69, 9.17) is 4.52 Å². The van der Waals surface area contributed by atoms with Gasteiger partial charge < -0.3 is 14.0 Å². The first-order valence-corrected chi connectivity index (χ1v) is 7.95. The molecule has 134 valence electrons. The lowest BCUT2D eigenvalue weighted by molar-refractivity contribution is 0.341. The van der Waals surface area contributed by atoms with Crippen molar-refractivity contribution in [1.29, 1.82) is 0 Å². The SMILES string of the molecule is CN(C)CCc1nc(CCn2cnc3c2c(=O)n(C)c(=O)n3C)no1. The highest BCUT2D eigenvalue weighted by atomic mass is 16.5. The number of imidazole rings is 1. The lowest BCUT2D eigenvalue weighted by atomic mass is 10.3. The van der Waals surface area contributed by atoms with Gasteiger partial charge in [0.05, 0.1) is 6.33 Å². The number of hydrogen-bond donors (Lipinski definition) is 0. The van der Waals surface area contributed by atoms with Gasteiger partial charge in [-0.2, -0.15) is 4.98 Å². The Balaban J connectivity index is 1.81. The van der Waals surface area contributed by atoms with Crippen molar-refractivity contribution < 1.29 is 4.52 Å². The summed E-state index contributed by atoms with van der Waals surface area (Å²) in [6, 6.07) is 0. The summed E-state index contributed by atoms with van der Waals surface area (Å²) < 4.78 is 9.38. The van der Waals surface area contributed by atoms with E-state index in [1.807, 2.05) is 19.0 Å². The molecule has 0 N–H and O–H groups in total. The van der Waals surface area contributed by atoms with Gasteiger partial charge in [0.15, 0.2) is 17.0 Å². The number of aryl methyl sites for hydroxylation is 3. The fraction of sp³-hybridized carbons (Fsp3) is 0.533. The summed E-state index contributed by atoms with van der Waals surface area (Å²) in [5.41, 5.74) is -0.00403. The lowest BCUT2D eigenvalue weighted by Gasteiger charge is -2.05. The van der Waals surface area contributed by atoms with E-state index >= 15 is 0 Å². The topological polar surface area (TPSA) is 104 Å². The van der Waals surface area contributed by atoms with E-state index in [9.17, 15) is 9.59 Å². The molecule has 0 aromatic carbocycles. The third-order valence-corrected chi connectivity index (χ3v) is 4.08. The lowest BCUT2D eigenvalue weighted by Crippen LogP contribution is -2.37. The van der Waals surface area contributed by atoms with Gasteiger partial charge in [-0.3, -0.25) is 13.9 Å². The molecule has 25 heavy (non-hydrogen) atoms. The van der Waals surface area contributed by atoms with Crippen LogP contribution in [-0.2, 0) is 33.5 Å². The highest BCUT2D eigenvalue weighted by Gasteiger charge is 2.15. The Morgan fingerprint density at radius 3 is 2.64 bits per heavy atom. The summed E-state index contributed by atoms with van der Waals surface area (Å²) in [4.78, 5) is 34.9. The fourth-order valence-corrected chi connectivity index (χ4v) is 2.60. The Hall–Kier alpha value is -2.75. The smallest absolute Gasteiger partial charge is 0.332 e. The molecule has 3 aromatic heterocycles. The minimum absolute atomic E-state index is 0.365. The average molecular weight is 347 g/mol. The van der Waals surface area contributed by atoms with E-state index in [-0.39, 0.29) is 5.56 Å². The molecule has 0 aliphatic heterocycles. The third kappa shape index (κ3) is 3.25. The van der Waals surface area contributed by atoms with Crippen molar-refractivity contribution in [2.24, 2.45) is 14.1 Å². The van der Waals surface area contributed by atoms with Crippen molar-refractivity contribution in [3.8, 4) is 0 Å². The predicted molar refractivity (Wildman–Crippen MR) is 90.5 cm³/mol. The van der Waals surface area contributed by atoms with Crippen molar-refractivity contribution in [3.63, 3.8) is 0 Å². The highest BCUT2D eigenvalue weighted by Crippen LogP contribution is 2.07. The van der Waals surface area contributed by atoms with Crippen LogP contribution in [0.25, 0.3) is 11.2 Å². The van der Waals surface area contributed by atoms with Gasteiger partial charge in [0.2, 0.25) is 5.89 Å². The number of aromatic nitrogens is 6. The molecule has 3 heterocycles. The van der Waals surface area contributed by atoms with Crippen LogP contribution in [0.5, 0.6) is 0 Å². The molecule has 3 aromatic rings. The summed E-state index contributed by atoms with van der Waals surface area (Å²) in [6.07, 6.45) is 2.75. The minimum atomic E-state index is -0.397. The van der Waals surface area contributed by atoms with Crippen LogP contribution in [0, 0.1) is 0 Å². The van der Waals surface area contributed by atoms with Crippen LogP contribution in [0.1, 0.15) is 11.7 Å². The van der Waals surface area contributed by atoms with Crippen molar-refractivity contribution in [2.45, 2.75) is 19.4 Å². The first kappa shape index (κ1) is 17.1. The van der Waals surface area contributed by atoms with Gasteiger partial charge in [-0.15, -0.1) is 0 Å². The first-order chi connectivity index (χ1) is 11.9. The van der Waals surface area contributed by atoms with Gasteiger partial charge in [0.1, 0.15) is 0 Å². The second-order valence-electron chi connectivity index (χ2n) is 6.22. The summed E-state index contributed by atoms with van der Waals surface area (Å²) in [5, 5.41) is 3.97. The normalized spacial score (nSPS) is 11.7. The van der Waals surface area contributed by atoms with E-state index in [0.717, 1.165) is 11.1 Å². The van der Waals surface area contributed by atoms with Gasteiger partial charge in [0, 0.05) is 40.0 Å². The molecular formula is C15H21N7O3. The number of nitrogens with zero attached hydrogens (tertiary/aromatic N) is 7. The third-order valence-electron chi connectivity index (χ3n) is 4.08. The van der Waals surface area contributed by atoms with Crippen molar-refractivity contribution in [3.05, 3.63) is 38.9 Å². The molecule has 0 saturated carbocycles. The molecule has 0 atom stereocenters. The second kappa shape index (κ2) is 6.63. The predicted octanol–water partition coefficient (Wildman–Crippen LogP) is -0.836. The standard InChI is InChI=1S/C15H21N7O3/c1-19(2)7-6-11-17-10(18-25-11)5-8-22-9-16-13-12(22)14(23)21(4)15(24)20(13)3/h9H,5-8H2,1-4H3. The van der Waals surface area contributed by atoms with E-state index in [1.165, 1.54) is 11.6 Å². The van der Waals surface area contributed by atoms with Crippen LogP contribution in [-0.4, -0.2) is 54.4 Å². The molecule has 0 fully saturated rings. The van der Waals surface area contributed by atoms with E-state index in [0.29, 0.717) is 42.3 Å². The van der Waals surface area contributed by atoms with Gasteiger partial charge in [-0.25, -0.2) is 9.78 Å². The molecular weight excluding hydrogens is 326 g/mol. The molecule has 0 amide bonds. The summed E-state index contributed by atoms with van der Waals surface area (Å²) in [5.74, 6) is 1.18. The molecule has 0 spiro atoms. The maximum Gasteiger partial charge on any atom is 0.332 e. The largest absolute Gasteiger partial charge is 0.339 e. The number of hydrogen-bond acceptors (Lipinski definition) is 7. The summed E-state index contributed by atoms with van der Waals surface area (Å²) in [6.45, 7) is 1.30. The van der Waals surface area contributed by atoms with E-state index in [1.54, 1.807) is 17.9 Å². The molecule has 0 unspecified atom stereocenters. The molecule has 0 aliphatic carbocycles. The van der Waals surface area contributed by atoms with Gasteiger partial charge in [-0.05, 0) is 14.1 Å². The fourth-order valence-electron chi connectivity index (χ4n) is 2.60. The summed E-state index contributed by atoms with van der Waals surface area (Å²) >= 11 is 0. The molecule has 3 rings (SSSR count). The Labute approximate surface area is 143 Å². The van der Waals surface area contributed by atoms with E-state index in [2.05, 4.69) is 15.1 Å². The second-order valence-corrected chi connectivity index (χ2v) is 6.22. The monoisotopic (exact) mass is 347 g/mol. The van der Waals surface area contributed by atoms with Crippen LogP contribution in [0.2, 0.25) is 0 Å². The molecule has 10 nitrogen and oxygen atoms in total. The molecule has 0 bridgehead atoms. The Morgan fingerprint density at radius 1 is 1.16 bits per heavy atom. The molecule has 0 saturated heterocycles. The quantitative estimate of drug-likeness (QED) is 0.573. The van der Waals surface area contributed by atoms with Gasteiger partial charge in [-0.1, -0.05) is 5.16 Å². The number of rotatable bonds is 6. The van der Waals surface area contributed by atoms with Crippen LogP contribution in [0.15, 0.2) is 20.4 Å². The van der Waals surface area contributed by atoms with Crippen molar-refractivity contribution in [2.75, 3.05) is 20.6 Å². The highest BCUT2D eigenvalue weighted by molar-refractivity contribution is 5.69. The van der Waals surface area contributed by atoms with Crippen LogP contribution < -0.4 is 11.2 Å². The number of likely N-dealkylation sites (N-methyl/N-ethyl adjacent to an activating group) is 1. The van der Waals surface area contributed by atoms with Crippen molar-refractivity contribution in [1.82, 2.24) is 33.7 Å². The van der Waals surface area contributed by atoms with Crippen molar-refractivity contribution >= 4 is 11.2 Å². The minimum Gasteiger partial charge on any atom is -0.339 e. The van der Waals surface area contributed by atoms with Crippen LogP contribution in [0.4, 0.5) is 0 Å². The van der Waals surface area contributed by atoms with Gasteiger partial charge in [0.25, 0.3) is 5.56 Å². The van der Waals surface area contributed by atoms with Crippen LogP contribution in [0.3, 0.4) is 0 Å². The molecule has 0 aliphatic rings. The van der Waals surface area contributed by atoms with Gasteiger partial charge >= 0.3 is 5.69 Å². The Bertz CT molecular complexity index is 1010. The molecule has 0 radical (unpaired) electrons. The maximum atomic E-state index is 12.4. The number of fused-ring (bicyclic) bond motifs is 1. The zero-order valence-corrected chi connectivity index (χ0v) is 14.8. The first-order valence-electron chi connectivity index (χ1n) is 7.95. The maximum absolute atomic E-state index is 12.4. The average Bonchev–Trinajstić information content (AvgIpc) is 3.21. The zero-order valence-electron chi connectivity index (χ0n) is 14.8. The Kier molecular flexibility index (Phi) is 4.53. The zero-order chi connectivity index (χ0) is 18.1.